The average molecular weight is 268 g/mol. The fraction of sp³-hybridized carbons (Fsp3) is 0.714. The third kappa shape index (κ3) is 3.35. The van der Waals surface area contributed by atoms with Crippen LogP contribution in [-0.4, -0.2) is 15.5 Å². The van der Waals surface area contributed by atoms with Crippen molar-refractivity contribution in [1.82, 2.24) is 9.97 Å². The van der Waals surface area contributed by atoms with Gasteiger partial charge in [0, 0.05) is 17.5 Å². The highest BCUT2D eigenvalue weighted by molar-refractivity contribution is 6.29. The number of aromatic nitrogens is 2. The van der Waals surface area contributed by atoms with E-state index < -0.39 is 0 Å². The van der Waals surface area contributed by atoms with Gasteiger partial charge < -0.3 is 5.32 Å². The second kappa shape index (κ2) is 5.43. The van der Waals surface area contributed by atoms with Gasteiger partial charge in [0.25, 0.3) is 0 Å². The van der Waals surface area contributed by atoms with E-state index in [4.69, 9.17) is 11.6 Å². The number of rotatable bonds is 3. The summed E-state index contributed by atoms with van der Waals surface area (Å²) >= 11 is 6.07. The average Bonchev–Trinajstić information content (AvgIpc) is 2.28. The normalized spacial score (nSPS) is 18.9. The zero-order valence-electron chi connectivity index (χ0n) is 11.5. The number of nitrogens with one attached hydrogen (secondary N) is 1. The number of hydrogen-bond acceptors (Lipinski definition) is 3. The molecule has 0 amide bonds. The lowest BCUT2D eigenvalue weighted by atomic mass is 9.83. The van der Waals surface area contributed by atoms with Gasteiger partial charge >= 0.3 is 0 Å². The highest BCUT2D eigenvalue weighted by atomic mass is 35.5. The summed E-state index contributed by atoms with van der Waals surface area (Å²) in [7, 11) is 0. The molecule has 1 aromatic heterocycles. The molecule has 18 heavy (non-hydrogen) atoms. The molecule has 0 atom stereocenters. The molecule has 1 N–H and O–H groups in total. The summed E-state index contributed by atoms with van der Waals surface area (Å²) in [5.41, 5.74) is 0.157. The summed E-state index contributed by atoms with van der Waals surface area (Å²) in [4.78, 5) is 8.83. The third-order valence-corrected chi connectivity index (χ3v) is 3.81. The van der Waals surface area contributed by atoms with Crippen LogP contribution < -0.4 is 5.32 Å². The first-order chi connectivity index (χ1) is 8.48. The maximum atomic E-state index is 6.07. The molecule has 0 spiro atoms. The Hall–Kier alpha value is -0.830. The van der Waals surface area contributed by atoms with Crippen molar-refractivity contribution < 1.29 is 0 Å². The topological polar surface area (TPSA) is 37.8 Å². The minimum absolute atomic E-state index is 0.157. The van der Waals surface area contributed by atoms with E-state index >= 15 is 0 Å². The maximum Gasteiger partial charge on any atom is 0.135 e. The van der Waals surface area contributed by atoms with Gasteiger partial charge in [0.1, 0.15) is 16.8 Å². The van der Waals surface area contributed by atoms with Gasteiger partial charge in [-0.2, -0.15) is 0 Å². The minimum Gasteiger partial charge on any atom is -0.365 e. The smallest absolute Gasteiger partial charge is 0.135 e. The van der Waals surface area contributed by atoms with Crippen molar-refractivity contribution in [2.75, 3.05) is 5.32 Å². The fourth-order valence-electron chi connectivity index (χ4n) is 2.52. The highest BCUT2D eigenvalue weighted by Crippen LogP contribution is 2.31. The largest absolute Gasteiger partial charge is 0.365 e. The van der Waals surface area contributed by atoms with E-state index in [-0.39, 0.29) is 5.54 Å². The first kappa shape index (κ1) is 13.6. The molecule has 0 aliphatic heterocycles. The predicted molar refractivity (Wildman–Crippen MR) is 76.2 cm³/mol. The first-order valence-corrected chi connectivity index (χ1v) is 7.19. The fourth-order valence-corrected chi connectivity index (χ4v) is 2.71. The molecule has 1 saturated carbocycles. The third-order valence-electron chi connectivity index (χ3n) is 3.62. The Morgan fingerprint density at radius 2 is 1.89 bits per heavy atom. The van der Waals surface area contributed by atoms with Crippen molar-refractivity contribution in [3.8, 4) is 0 Å². The Kier molecular flexibility index (Phi) is 4.10. The molecule has 3 nitrogen and oxygen atoms in total. The molecule has 0 bridgehead atoms. The van der Waals surface area contributed by atoms with Crippen molar-refractivity contribution >= 4 is 17.4 Å². The molecule has 4 heteroatoms. The van der Waals surface area contributed by atoms with E-state index in [1.165, 1.54) is 32.1 Å². The molecule has 0 radical (unpaired) electrons. The van der Waals surface area contributed by atoms with E-state index in [9.17, 15) is 0 Å². The summed E-state index contributed by atoms with van der Waals surface area (Å²) < 4.78 is 0. The predicted octanol–water partition coefficient (Wildman–Crippen LogP) is 4.39. The van der Waals surface area contributed by atoms with Crippen LogP contribution in [0.2, 0.25) is 5.15 Å². The standard InChI is InChI=1S/C14H22ClN3/c1-10(2)13-16-11(15)9-12(17-13)18-14(3)7-5-4-6-8-14/h9-10H,4-8H2,1-3H3,(H,16,17,18). The van der Waals surface area contributed by atoms with Crippen molar-refractivity contribution in [2.24, 2.45) is 0 Å². The van der Waals surface area contributed by atoms with E-state index in [2.05, 4.69) is 36.1 Å². The molecule has 1 heterocycles. The Morgan fingerprint density at radius 1 is 1.22 bits per heavy atom. The van der Waals surface area contributed by atoms with Crippen LogP contribution in [0.25, 0.3) is 0 Å². The quantitative estimate of drug-likeness (QED) is 0.826. The Labute approximate surface area is 114 Å². The Morgan fingerprint density at radius 3 is 2.50 bits per heavy atom. The van der Waals surface area contributed by atoms with Gasteiger partial charge in [-0.1, -0.05) is 44.7 Å². The molecule has 1 fully saturated rings. The number of halogens is 1. The lowest BCUT2D eigenvalue weighted by Gasteiger charge is -2.35. The number of hydrogen-bond donors (Lipinski definition) is 1. The monoisotopic (exact) mass is 267 g/mol. The van der Waals surface area contributed by atoms with Crippen molar-refractivity contribution in [1.29, 1.82) is 0 Å². The van der Waals surface area contributed by atoms with Crippen LogP contribution in [0.15, 0.2) is 6.07 Å². The minimum atomic E-state index is 0.157. The van der Waals surface area contributed by atoms with E-state index in [1.54, 1.807) is 0 Å². The molecular formula is C14H22ClN3. The van der Waals surface area contributed by atoms with Crippen LogP contribution in [-0.2, 0) is 0 Å². The van der Waals surface area contributed by atoms with Gasteiger partial charge in [-0.3, -0.25) is 0 Å². The zero-order chi connectivity index (χ0) is 13.2. The highest BCUT2D eigenvalue weighted by Gasteiger charge is 2.27. The lowest BCUT2D eigenvalue weighted by molar-refractivity contribution is 0.348. The molecule has 1 aliphatic carbocycles. The van der Waals surface area contributed by atoms with Crippen LogP contribution in [0.5, 0.6) is 0 Å². The summed E-state index contributed by atoms with van der Waals surface area (Å²) in [5, 5.41) is 4.08. The molecule has 0 aromatic carbocycles. The van der Waals surface area contributed by atoms with Gasteiger partial charge in [0.15, 0.2) is 0 Å². The van der Waals surface area contributed by atoms with Crippen LogP contribution in [0.1, 0.15) is 64.6 Å². The summed E-state index contributed by atoms with van der Waals surface area (Å²) in [6, 6.07) is 1.83. The van der Waals surface area contributed by atoms with Gasteiger partial charge in [-0.05, 0) is 19.8 Å². The Bertz CT molecular complexity index is 412. The Balaban J connectivity index is 2.17. The van der Waals surface area contributed by atoms with Crippen LogP contribution in [0.4, 0.5) is 5.82 Å². The second-order valence-electron chi connectivity index (χ2n) is 5.84. The summed E-state index contributed by atoms with van der Waals surface area (Å²) in [5.74, 6) is 1.97. The van der Waals surface area contributed by atoms with Crippen LogP contribution >= 0.6 is 11.6 Å². The number of nitrogens with zero attached hydrogens (tertiary/aromatic N) is 2. The summed E-state index contributed by atoms with van der Waals surface area (Å²) in [6.45, 7) is 6.44. The molecule has 0 unspecified atom stereocenters. The molecule has 1 aliphatic rings. The van der Waals surface area contributed by atoms with Gasteiger partial charge in [0.2, 0.25) is 0 Å². The molecule has 1 aromatic rings. The first-order valence-electron chi connectivity index (χ1n) is 6.81. The van der Waals surface area contributed by atoms with Gasteiger partial charge in [-0.15, -0.1) is 0 Å². The van der Waals surface area contributed by atoms with E-state index in [1.807, 2.05) is 6.07 Å². The van der Waals surface area contributed by atoms with E-state index in [0.717, 1.165) is 11.6 Å². The van der Waals surface area contributed by atoms with Gasteiger partial charge in [0.05, 0.1) is 0 Å². The maximum absolute atomic E-state index is 6.07. The SMILES string of the molecule is CC(C)c1nc(Cl)cc(NC2(C)CCCCC2)n1. The molecule has 100 valence electrons. The van der Waals surface area contributed by atoms with Crippen molar-refractivity contribution in [3.05, 3.63) is 17.0 Å². The van der Waals surface area contributed by atoms with Crippen LogP contribution in [0.3, 0.4) is 0 Å². The lowest BCUT2D eigenvalue weighted by Crippen LogP contribution is -2.37. The van der Waals surface area contributed by atoms with E-state index in [0.29, 0.717) is 11.1 Å². The van der Waals surface area contributed by atoms with Crippen molar-refractivity contribution in [3.63, 3.8) is 0 Å². The number of anilines is 1. The van der Waals surface area contributed by atoms with Crippen LogP contribution in [0, 0.1) is 0 Å². The zero-order valence-corrected chi connectivity index (χ0v) is 12.2. The summed E-state index contributed by atoms with van der Waals surface area (Å²) in [6.07, 6.45) is 6.33. The molecular weight excluding hydrogens is 246 g/mol. The molecule has 2 rings (SSSR count). The van der Waals surface area contributed by atoms with Gasteiger partial charge in [-0.25, -0.2) is 9.97 Å². The molecule has 0 saturated heterocycles. The van der Waals surface area contributed by atoms with Crippen molar-refractivity contribution in [2.45, 2.75) is 64.3 Å². The second-order valence-corrected chi connectivity index (χ2v) is 6.22.